The first-order valence-corrected chi connectivity index (χ1v) is 10.5. The highest BCUT2D eigenvalue weighted by atomic mass is 19.1. The van der Waals surface area contributed by atoms with E-state index in [2.05, 4.69) is 31.0 Å². The summed E-state index contributed by atoms with van der Waals surface area (Å²) in [7, 11) is 0. The lowest BCUT2D eigenvalue weighted by atomic mass is 9.95. The molecule has 2 fully saturated rings. The molecule has 0 radical (unpaired) electrons. The van der Waals surface area contributed by atoms with Gasteiger partial charge in [-0.2, -0.15) is 0 Å². The molecule has 156 valence electrons. The minimum absolute atomic E-state index is 0.0674. The molecule has 0 aromatic carbocycles. The highest BCUT2D eigenvalue weighted by Crippen LogP contribution is 2.29. The molecule has 0 aliphatic heterocycles. The number of halogens is 1. The van der Waals surface area contributed by atoms with Gasteiger partial charge < -0.3 is 16.0 Å². The number of rotatable bonds is 6. The van der Waals surface area contributed by atoms with Crippen molar-refractivity contribution < 1.29 is 9.18 Å². The second-order valence-corrected chi connectivity index (χ2v) is 8.03. The van der Waals surface area contributed by atoms with Crippen molar-refractivity contribution in [2.75, 3.05) is 16.0 Å². The maximum atomic E-state index is 13.9. The van der Waals surface area contributed by atoms with Gasteiger partial charge in [-0.05, 0) is 31.7 Å². The summed E-state index contributed by atoms with van der Waals surface area (Å²) in [5, 5.41) is 14.2. The maximum absolute atomic E-state index is 13.9. The van der Waals surface area contributed by atoms with Crippen LogP contribution < -0.4 is 16.0 Å². The Morgan fingerprint density at radius 1 is 1.03 bits per heavy atom. The van der Waals surface area contributed by atoms with Crippen molar-refractivity contribution in [3.63, 3.8) is 0 Å². The van der Waals surface area contributed by atoms with Gasteiger partial charge in [0.15, 0.2) is 17.2 Å². The third-order valence-corrected chi connectivity index (χ3v) is 5.62. The van der Waals surface area contributed by atoms with Crippen LogP contribution in [0.4, 0.5) is 21.6 Å². The van der Waals surface area contributed by atoms with Gasteiger partial charge in [0.1, 0.15) is 5.82 Å². The lowest BCUT2D eigenvalue weighted by Crippen LogP contribution is -2.24. The Morgan fingerprint density at radius 3 is 2.60 bits per heavy atom. The first-order valence-electron chi connectivity index (χ1n) is 10.5. The number of hydrogen-bond donors (Lipinski definition) is 3. The van der Waals surface area contributed by atoms with Crippen LogP contribution in [-0.4, -0.2) is 37.6 Å². The average molecular weight is 409 g/mol. The number of anilines is 3. The van der Waals surface area contributed by atoms with E-state index in [4.69, 9.17) is 0 Å². The van der Waals surface area contributed by atoms with Crippen LogP contribution in [0.1, 0.15) is 55.4 Å². The van der Waals surface area contributed by atoms with E-state index in [1.807, 2.05) is 6.07 Å². The number of carbonyl (C=O) groups is 1. The molecule has 5 rings (SSSR count). The van der Waals surface area contributed by atoms with Crippen molar-refractivity contribution in [1.82, 2.24) is 19.6 Å². The Bertz CT molecular complexity index is 1070. The van der Waals surface area contributed by atoms with Crippen molar-refractivity contribution in [3.8, 4) is 0 Å². The number of nitrogens with one attached hydrogen (secondary N) is 3. The fourth-order valence-corrected chi connectivity index (χ4v) is 3.87. The topological polar surface area (TPSA) is 96.2 Å². The van der Waals surface area contributed by atoms with Crippen LogP contribution in [0.15, 0.2) is 30.7 Å². The van der Waals surface area contributed by atoms with E-state index in [1.165, 1.54) is 42.2 Å². The number of hydrogen-bond acceptors (Lipinski definition) is 6. The molecule has 3 heterocycles. The molecule has 30 heavy (non-hydrogen) atoms. The summed E-state index contributed by atoms with van der Waals surface area (Å²) >= 11 is 0. The maximum Gasteiger partial charge on any atom is 0.276 e. The Morgan fingerprint density at radius 2 is 1.83 bits per heavy atom. The lowest BCUT2D eigenvalue weighted by molar-refractivity contribution is 0.102. The Balaban J connectivity index is 1.48. The molecule has 3 N–H and O–H groups in total. The zero-order valence-corrected chi connectivity index (χ0v) is 16.6. The van der Waals surface area contributed by atoms with Gasteiger partial charge in [0.25, 0.3) is 5.91 Å². The molecular weight excluding hydrogens is 385 g/mol. The van der Waals surface area contributed by atoms with Crippen LogP contribution >= 0.6 is 0 Å². The van der Waals surface area contributed by atoms with Gasteiger partial charge in [-0.25, -0.2) is 13.9 Å². The fraction of sp³-hybridized carbons (Fsp3) is 0.429. The molecule has 0 unspecified atom stereocenters. The second kappa shape index (κ2) is 7.89. The molecule has 3 aromatic rings. The van der Waals surface area contributed by atoms with Crippen LogP contribution in [0.5, 0.6) is 0 Å². The van der Waals surface area contributed by atoms with Gasteiger partial charge in [-0.15, -0.1) is 5.10 Å². The van der Waals surface area contributed by atoms with Gasteiger partial charge in [0, 0.05) is 24.3 Å². The molecule has 3 aromatic heterocycles. The predicted octanol–water partition coefficient (Wildman–Crippen LogP) is 3.83. The molecule has 0 bridgehead atoms. The van der Waals surface area contributed by atoms with Gasteiger partial charge in [-0.1, -0.05) is 19.3 Å². The summed E-state index contributed by atoms with van der Waals surface area (Å²) in [6, 6.07) is 4.20. The molecule has 9 heteroatoms. The van der Waals surface area contributed by atoms with E-state index >= 15 is 0 Å². The monoisotopic (exact) mass is 409 g/mol. The Kier molecular flexibility index (Phi) is 4.94. The molecule has 8 nitrogen and oxygen atoms in total. The van der Waals surface area contributed by atoms with E-state index in [-0.39, 0.29) is 11.4 Å². The summed E-state index contributed by atoms with van der Waals surface area (Å²) < 4.78 is 15.4. The van der Waals surface area contributed by atoms with E-state index in [0.29, 0.717) is 23.5 Å². The fourth-order valence-electron chi connectivity index (χ4n) is 3.87. The summed E-state index contributed by atoms with van der Waals surface area (Å²) in [6.07, 6.45) is 12.1. The highest BCUT2D eigenvalue weighted by Gasteiger charge is 2.25. The molecule has 1 amide bonds. The van der Waals surface area contributed by atoms with Crippen LogP contribution in [-0.2, 0) is 0 Å². The molecule has 2 aliphatic carbocycles. The van der Waals surface area contributed by atoms with Gasteiger partial charge in [0.2, 0.25) is 0 Å². The minimum Gasteiger partial charge on any atom is -0.379 e. The van der Waals surface area contributed by atoms with E-state index in [1.54, 1.807) is 0 Å². The Labute approximate surface area is 173 Å². The van der Waals surface area contributed by atoms with Gasteiger partial charge >= 0.3 is 0 Å². The number of pyridine rings is 1. The number of carbonyl (C=O) groups excluding carboxylic acids is 1. The summed E-state index contributed by atoms with van der Waals surface area (Å²) in [5.74, 6) is -0.365. The minimum atomic E-state index is -0.594. The van der Waals surface area contributed by atoms with Gasteiger partial charge in [-0.3, -0.25) is 9.78 Å². The largest absolute Gasteiger partial charge is 0.379 e. The number of nitrogens with zero attached hydrogens (tertiary/aromatic N) is 4. The molecule has 2 saturated carbocycles. The molecule has 0 spiro atoms. The van der Waals surface area contributed by atoms with E-state index in [9.17, 15) is 9.18 Å². The van der Waals surface area contributed by atoms with Crippen molar-refractivity contribution in [3.05, 3.63) is 42.2 Å². The second-order valence-electron chi connectivity index (χ2n) is 8.03. The summed E-state index contributed by atoms with van der Waals surface area (Å²) in [6.45, 7) is 0. The zero-order valence-electron chi connectivity index (χ0n) is 16.6. The highest BCUT2D eigenvalue weighted by molar-refractivity contribution is 6.03. The third kappa shape index (κ3) is 3.92. The molecular formula is C21H24FN7O. The van der Waals surface area contributed by atoms with Crippen molar-refractivity contribution >= 4 is 28.7 Å². The number of amides is 1. The van der Waals surface area contributed by atoms with Crippen LogP contribution in [0.25, 0.3) is 5.65 Å². The van der Waals surface area contributed by atoms with Crippen LogP contribution in [0.2, 0.25) is 0 Å². The van der Waals surface area contributed by atoms with Gasteiger partial charge in [0.05, 0.1) is 23.8 Å². The van der Waals surface area contributed by atoms with Crippen LogP contribution in [0, 0.1) is 5.82 Å². The van der Waals surface area contributed by atoms with Crippen LogP contribution in [0.3, 0.4) is 0 Å². The average Bonchev–Trinajstić information content (AvgIpc) is 3.46. The molecule has 0 saturated heterocycles. The zero-order chi connectivity index (χ0) is 20.5. The SMILES string of the molecule is O=C(Nc1ccncc1F)c1cnc2c(NC3CC3)cc(NC3CCCCC3)nn12. The lowest BCUT2D eigenvalue weighted by Gasteiger charge is -2.23. The molecule has 0 atom stereocenters. The van der Waals surface area contributed by atoms with E-state index < -0.39 is 11.7 Å². The third-order valence-electron chi connectivity index (χ3n) is 5.62. The molecule has 2 aliphatic rings. The predicted molar refractivity (Wildman–Crippen MR) is 112 cm³/mol. The first kappa shape index (κ1) is 18.8. The first-order chi connectivity index (χ1) is 14.7. The number of fused-ring (bicyclic) bond motifs is 1. The van der Waals surface area contributed by atoms with Crippen molar-refractivity contribution in [1.29, 1.82) is 0 Å². The van der Waals surface area contributed by atoms with Crippen molar-refractivity contribution in [2.45, 2.75) is 57.0 Å². The van der Waals surface area contributed by atoms with E-state index in [0.717, 1.165) is 37.6 Å². The number of aromatic nitrogens is 4. The Hall–Kier alpha value is -3.23. The summed E-state index contributed by atoms with van der Waals surface area (Å²) in [4.78, 5) is 21.0. The normalized spacial score (nSPS) is 17.1. The smallest absolute Gasteiger partial charge is 0.276 e. The standard InChI is InChI=1S/C21H24FN7O/c22-15-11-23-9-8-16(15)27-21(30)18-12-24-20-17(25-14-6-7-14)10-19(28-29(18)20)26-13-4-2-1-3-5-13/h8-14,25H,1-7H2,(H,26,28)(H,23,27,30). The number of imidazole rings is 1. The van der Waals surface area contributed by atoms with Crippen molar-refractivity contribution in [2.24, 2.45) is 0 Å². The quantitative estimate of drug-likeness (QED) is 0.573. The summed E-state index contributed by atoms with van der Waals surface area (Å²) in [5.41, 5.74) is 1.74.